The minimum absolute atomic E-state index is 0.127. The third kappa shape index (κ3) is 4.63. The fraction of sp³-hybridized carbons (Fsp3) is 0.185. The number of hydrogen-bond donors (Lipinski definition) is 2. The maximum atomic E-state index is 13.2. The number of ether oxygens (including phenoxy) is 2. The summed E-state index contributed by atoms with van der Waals surface area (Å²) in [5.41, 5.74) is 4.35. The lowest BCUT2D eigenvalue weighted by molar-refractivity contribution is 0.0952. The predicted octanol–water partition coefficient (Wildman–Crippen LogP) is 4.11. The zero-order valence-electron chi connectivity index (χ0n) is 20.0. The molecule has 5 rings (SSSR count). The summed E-state index contributed by atoms with van der Waals surface area (Å²) >= 11 is 0. The van der Waals surface area contributed by atoms with Gasteiger partial charge < -0.3 is 19.8 Å². The number of hydrogen-bond acceptors (Lipinski definition) is 6. The molecule has 0 saturated carbocycles. The Hall–Kier alpha value is -4.66. The number of carbonyl (C=O) groups excluding carboxylic acids is 1. The second kappa shape index (κ2) is 10.3. The molecule has 3 aromatic carbocycles. The number of para-hydroxylation sites is 1. The van der Waals surface area contributed by atoms with Crippen molar-refractivity contribution in [1.82, 2.24) is 30.5 Å². The average Bonchev–Trinajstić information content (AvgIpc) is 3.61. The highest BCUT2D eigenvalue weighted by molar-refractivity contribution is 5.95. The molecule has 0 saturated heterocycles. The maximum Gasteiger partial charge on any atom is 0.251 e. The van der Waals surface area contributed by atoms with Crippen molar-refractivity contribution in [2.75, 3.05) is 20.3 Å². The van der Waals surface area contributed by atoms with Crippen LogP contribution in [0, 0.1) is 0 Å². The second-order valence-corrected chi connectivity index (χ2v) is 8.20. The first-order valence-corrected chi connectivity index (χ1v) is 11.7. The number of H-pyrrole nitrogens is 1. The van der Waals surface area contributed by atoms with Gasteiger partial charge in [-0.05, 0) is 64.9 Å². The number of carbonyl (C=O) groups is 1. The summed E-state index contributed by atoms with van der Waals surface area (Å²) in [5, 5.41) is 15.4. The van der Waals surface area contributed by atoms with E-state index < -0.39 is 0 Å². The summed E-state index contributed by atoms with van der Waals surface area (Å²) in [6.45, 7) is 2.86. The molecule has 5 aromatic rings. The van der Waals surface area contributed by atoms with Gasteiger partial charge in [0.25, 0.3) is 5.91 Å². The van der Waals surface area contributed by atoms with E-state index in [1.54, 1.807) is 25.3 Å². The van der Waals surface area contributed by atoms with Crippen molar-refractivity contribution in [3.05, 3.63) is 95.9 Å². The van der Waals surface area contributed by atoms with E-state index >= 15 is 0 Å². The molecule has 2 aromatic heterocycles. The number of nitrogens with one attached hydrogen (secondary N) is 2. The molecule has 0 aliphatic carbocycles. The summed E-state index contributed by atoms with van der Waals surface area (Å²) in [4.78, 5) is 16.5. The minimum Gasteiger partial charge on any atom is -0.493 e. The van der Waals surface area contributed by atoms with Crippen LogP contribution in [0.25, 0.3) is 16.6 Å². The molecule has 9 heteroatoms. The van der Waals surface area contributed by atoms with Gasteiger partial charge in [-0.25, -0.2) is 4.68 Å². The number of nitrogens with zero attached hydrogens (tertiary/aromatic N) is 4. The summed E-state index contributed by atoms with van der Waals surface area (Å²) in [6.07, 6.45) is 3.49. The molecule has 2 heterocycles. The topological polar surface area (TPSA) is 107 Å². The van der Waals surface area contributed by atoms with Crippen molar-refractivity contribution in [2.24, 2.45) is 0 Å². The van der Waals surface area contributed by atoms with Crippen LogP contribution in [0.15, 0.2) is 79.3 Å². The molecule has 1 unspecified atom stereocenters. The molecule has 0 bridgehead atoms. The van der Waals surface area contributed by atoms with Gasteiger partial charge >= 0.3 is 0 Å². The lowest BCUT2D eigenvalue weighted by Gasteiger charge is -2.20. The Morgan fingerprint density at radius 1 is 1.08 bits per heavy atom. The van der Waals surface area contributed by atoms with Gasteiger partial charge in [0.2, 0.25) is 0 Å². The van der Waals surface area contributed by atoms with Crippen LogP contribution >= 0.6 is 0 Å². The number of benzene rings is 3. The van der Waals surface area contributed by atoms with Gasteiger partial charge in [0.05, 0.1) is 19.4 Å². The molecule has 0 aliphatic heterocycles. The van der Waals surface area contributed by atoms with Gasteiger partial charge in [-0.3, -0.25) is 4.79 Å². The fourth-order valence-corrected chi connectivity index (χ4v) is 4.33. The van der Waals surface area contributed by atoms with Gasteiger partial charge in [-0.2, -0.15) is 0 Å². The molecule has 36 heavy (non-hydrogen) atoms. The van der Waals surface area contributed by atoms with E-state index in [0.29, 0.717) is 35.9 Å². The van der Waals surface area contributed by atoms with Crippen LogP contribution in [0.5, 0.6) is 11.5 Å². The Labute approximate surface area is 208 Å². The standard InChI is InChI=1S/C27H26N6O3/c1-3-36-25-12-11-18(14-26(25)35-2)22(23-16-28-24-10-5-4-9-21(23)24)15-29-27(34)19-7-6-8-20(13-19)33-17-30-31-32-33/h4-14,16-17,22,28H,3,15H2,1-2H3,(H,29,34). The lowest BCUT2D eigenvalue weighted by atomic mass is 9.90. The van der Waals surface area contributed by atoms with Crippen molar-refractivity contribution < 1.29 is 14.3 Å². The molecule has 0 radical (unpaired) electrons. The van der Waals surface area contributed by atoms with Crippen LogP contribution < -0.4 is 14.8 Å². The van der Waals surface area contributed by atoms with Crippen LogP contribution in [0.4, 0.5) is 0 Å². The van der Waals surface area contributed by atoms with Crippen molar-refractivity contribution in [1.29, 1.82) is 0 Å². The number of rotatable bonds is 9. The van der Waals surface area contributed by atoms with E-state index in [1.807, 2.05) is 55.6 Å². The lowest BCUT2D eigenvalue weighted by Crippen LogP contribution is -2.29. The van der Waals surface area contributed by atoms with Crippen molar-refractivity contribution in [2.45, 2.75) is 12.8 Å². The van der Waals surface area contributed by atoms with Crippen LogP contribution in [0.2, 0.25) is 0 Å². The van der Waals surface area contributed by atoms with Crippen LogP contribution in [-0.4, -0.2) is 51.4 Å². The first-order valence-electron chi connectivity index (χ1n) is 11.7. The number of amides is 1. The SMILES string of the molecule is CCOc1ccc(C(CNC(=O)c2cccc(-n3cnnn3)c2)c2c[nH]c3ccccc23)cc1OC. The van der Waals surface area contributed by atoms with Crippen molar-refractivity contribution in [3.63, 3.8) is 0 Å². The van der Waals surface area contributed by atoms with E-state index in [0.717, 1.165) is 22.0 Å². The molecule has 9 nitrogen and oxygen atoms in total. The summed E-state index contributed by atoms with van der Waals surface area (Å²) in [7, 11) is 1.63. The number of aromatic amines is 1. The van der Waals surface area contributed by atoms with E-state index in [-0.39, 0.29) is 11.8 Å². The zero-order valence-corrected chi connectivity index (χ0v) is 20.0. The van der Waals surface area contributed by atoms with E-state index in [4.69, 9.17) is 9.47 Å². The third-order valence-electron chi connectivity index (χ3n) is 6.08. The summed E-state index contributed by atoms with van der Waals surface area (Å²) in [5.74, 6) is 1.02. The van der Waals surface area contributed by atoms with Gasteiger partial charge in [0.15, 0.2) is 11.5 Å². The highest BCUT2D eigenvalue weighted by Gasteiger charge is 2.21. The molecule has 0 fully saturated rings. The number of methoxy groups -OCH3 is 1. The Balaban J connectivity index is 1.46. The normalized spacial score (nSPS) is 11.8. The number of fused-ring (bicyclic) bond motifs is 1. The Kier molecular flexibility index (Phi) is 6.61. The first-order chi connectivity index (χ1) is 17.7. The van der Waals surface area contributed by atoms with Crippen LogP contribution in [0.3, 0.4) is 0 Å². The molecule has 0 aliphatic rings. The molecular formula is C27H26N6O3. The van der Waals surface area contributed by atoms with Crippen LogP contribution in [0.1, 0.15) is 34.3 Å². The van der Waals surface area contributed by atoms with Crippen molar-refractivity contribution >= 4 is 16.8 Å². The largest absolute Gasteiger partial charge is 0.493 e. The van der Waals surface area contributed by atoms with E-state index in [9.17, 15) is 4.79 Å². The number of aromatic nitrogens is 5. The maximum absolute atomic E-state index is 13.2. The quantitative estimate of drug-likeness (QED) is 0.327. The summed E-state index contributed by atoms with van der Waals surface area (Å²) in [6, 6.07) is 21.2. The second-order valence-electron chi connectivity index (χ2n) is 8.20. The molecular weight excluding hydrogens is 456 g/mol. The van der Waals surface area contributed by atoms with E-state index in [1.165, 1.54) is 11.0 Å². The van der Waals surface area contributed by atoms with E-state index in [2.05, 4.69) is 31.9 Å². The van der Waals surface area contributed by atoms with Gasteiger partial charge in [0.1, 0.15) is 6.33 Å². The fourth-order valence-electron chi connectivity index (χ4n) is 4.33. The predicted molar refractivity (Wildman–Crippen MR) is 136 cm³/mol. The third-order valence-corrected chi connectivity index (χ3v) is 6.08. The molecule has 182 valence electrons. The summed E-state index contributed by atoms with van der Waals surface area (Å²) < 4.78 is 12.8. The molecule has 2 N–H and O–H groups in total. The zero-order chi connectivity index (χ0) is 24.9. The molecule has 1 amide bonds. The van der Waals surface area contributed by atoms with Crippen molar-refractivity contribution in [3.8, 4) is 17.2 Å². The highest BCUT2D eigenvalue weighted by atomic mass is 16.5. The van der Waals surface area contributed by atoms with Gasteiger partial charge in [-0.1, -0.05) is 30.3 Å². The Bertz CT molecular complexity index is 1480. The highest BCUT2D eigenvalue weighted by Crippen LogP contribution is 2.36. The smallest absolute Gasteiger partial charge is 0.251 e. The van der Waals surface area contributed by atoms with Crippen LogP contribution in [-0.2, 0) is 0 Å². The Morgan fingerprint density at radius 3 is 2.78 bits per heavy atom. The van der Waals surface area contributed by atoms with Gasteiger partial charge in [0, 0.05) is 35.1 Å². The first kappa shape index (κ1) is 23.1. The molecule has 0 spiro atoms. The average molecular weight is 483 g/mol. The minimum atomic E-state index is -0.187. The van der Waals surface area contributed by atoms with Gasteiger partial charge in [-0.15, -0.1) is 5.10 Å². The number of tetrazole rings is 1. The Morgan fingerprint density at radius 2 is 1.97 bits per heavy atom. The monoisotopic (exact) mass is 482 g/mol. The molecule has 1 atom stereocenters.